The van der Waals surface area contributed by atoms with Crippen LogP contribution >= 0.6 is 12.2 Å². The maximum Gasteiger partial charge on any atom is 0.226 e. The number of rotatable bonds is 4. The molecule has 0 radical (unpaired) electrons. The van der Waals surface area contributed by atoms with E-state index in [4.69, 9.17) is 12.2 Å². The number of carbonyl (C=O) groups is 1. The van der Waals surface area contributed by atoms with Gasteiger partial charge in [0.15, 0.2) is 0 Å². The van der Waals surface area contributed by atoms with E-state index in [9.17, 15) is 4.79 Å². The lowest BCUT2D eigenvalue weighted by molar-refractivity contribution is -0.118. The fraction of sp³-hybridized carbons (Fsp3) is 0.167. The molecule has 5 heteroatoms. The minimum absolute atomic E-state index is 0.0372. The van der Waals surface area contributed by atoms with E-state index in [0.29, 0.717) is 16.4 Å². The highest BCUT2D eigenvalue weighted by Crippen LogP contribution is 2.21. The maximum atomic E-state index is 12.0. The smallest absolute Gasteiger partial charge is 0.226 e. The number of hydrogen-bond acceptors (Lipinski definition) is 3. The van der Waals surface area contributed by atoms with Crippen molar-refractivity contribution in [2.24, 2.45) is 5.92 Å². The number of amides is 1. The van der Waals surface area contributed by atoms with Gasteiger partial charge in [-0.15, -0.1) is 0 Å². The lowest BCUT2D eigenvalue weighted by Gasteiger charge is -2.12. The molecule has 0 aliphatic carbocycles. The number of para-hydroxylation sites is 3. The van der Waals surface area contributed by atoms with Crippen molar-refractivity contribution in [3.05, 3.63) is 59.9 Å². The summed E-state index contributed by atoms with van der Waals surface area (Å²) in [6.07, 6.45) is 0. The summed E-state index contributed by atoms with van der Waals surface area (Å²) >= 11 is 5.59. The van der Waals surface area contributed by atoms with Crippen LogP contribution in [-0.2, 0) is 4.79 Å². The predicted molar refractivity (Wildman–Crippen MR) is 96.8 cm³/mol. The second-order valence-electron chi connectivity index (χ2n) is 5.62. The first-order valence-corrected chi connectivity index (χ1v) is 7.86. The second-order valence-corrected chi connectivity index (χ2v) is 6.03. The number of imidazole rings is 1. The lowest BCUT2D eigenvalue weighted by atomic mass is 10.1. The fourth-order valence-electron chi connectivity index (χ4n) is 2.26. The zero-order chi connectivity index (χ0) is 16.4. The summed E-state index contributed by atoms with van der Waals surface area (Å²) in [4.78, 5) is 20.3. The van der Waals surface area contributed by atoms with Crippen molar-refractivity contribution < 1.29 is 4.79 Å². The molecule has 0 aliphatic rings. The minimum Gasteiger partial charge on any atom is -0.337 e. The largest absolute Gasteiger partial charge is 0.337 e. The van der Waals surface area contributed by atoms with Crippen LogP contribution in [0.25, 0.3) is 11.0 Å². The number of thiocarbonyl (C=S) groups is 1. The SMILES string of the molecule is CC(C)C(=O)Nc1ccccc1C(=S)c1nc2ccccc2[nH]1. The Kier molecular flexibility index (Phi) is 4.21. The highest BCUT2D eigenvalue weighted by Gasteiger charge is 2.15. The van der Waals surface area contributed by atoms with Gasteiger partial charge in [0.2, 0.25) is 5.91 Å². The number of carbonyl (C=O) groups excluding carboxylic acids is 1. The van der Waals surface area contributed by atoms with Crippen LogP contribution in [0.15, 0.2) is 48.5 Å². The summed E-state index contributed by atoms with van der Waals surface area (Å²) < 4.78 is 0. The summed E-state index contributed by atoms with van der Waals surface area (Å²) in [5.41, 5.74) is 3.30. The number of nitrogens with one attached hydrogen (secondary N) is 2. The van der Waals surface area contributed by atoms with Crippen LogP contribution in [-0.4, -0.2) is 20.7 Å². The third kappa shape index (κ3) is 3.14. The third-order valence-electron chi connectivity index (χ3n) is 3.56. The molecule has 23 heavy (non-hydrogen) atoms. The summed E-state index contributed by atoms with van der Waals surface area (Å²) in [6.45, 7) is 3.71. The molecule has 3 rings (SSSR count). The first-order valence-electron chi connectivity index (χ1n) is 7.45. The van der Waals surface area contributed by atoms with Crippen LogP contribution in [0.4, 0.5) is 5.69 Å². The van der Waals surface area contributed by atoms with E-state index in [2.05, 4.69) is 15.3 Å². The van der Waals surface area contributed by atoms with Crippen molar-refractivity contribution >= 4 is 39.7 Å². The van der Waals surface area contributed by atoms with Crippen LogP contribution in [0.5, 0.6) is 0 Å². The van der Waals surface area contributed by atoms with E-state index < -0.39 is 0 Å². The number of anilines is 1. The number of aromatic amines is 1. The fourth-order valence-corrected chi connectivity index (χ4v) is 2.53. The predicted octanol–water partition coefficient (Wildman–Crippen LogP) is 3.92. The minimum atomic E-state index is -0.0946. The van der Waals surface area contributed by atoms with Gasteiger partial charge in [0, 0.05) is 17.2 Å². The molecule has 0 bridgehead atoms. The number of hydrogen-bond donors (Lipinski definition) is 2. The summed E-state index contributed by atoms with van der Waals surface area (Å²) in [5.74, 6) is 0.500. The van der Waals surface area contributed by atoms with Gasteiger partial charge in [-0.3, -0.25) is 4.79 Å². The Balaban J connectivity index is 1.97. The van der Waals surface area contributed by atoms with Crippen molar-refractivity contribution in [1.82, 2.24) is 9.97 Å². The van der Waals surface area contributed by atoms with Crippen LogP contribution in [0.3, 0.4) is 0 Å². The van der Waals surface area contributed by atoms with Gasteiger partial charge in [-0.05, 0) is 18.2 Å². The van der Waals surface area contributed by atoms with Crippen LogP contribution in [0, 0.1) is 5.92 Å². The van der Waals surface area contributed by atoms with E-state index in [0.717, 1.165) is 16.6 Å². The van der Waals surface area contributed by atoms with E-state index in [1.165, 1.54) is 0 Å². The Morgan fingerprint density at radius 2 is 1.83 bits per heavy atom. The van der Waals surface area contributed by atoms with Crippen LogP contribution < -0.4 is 5.32 Å². The molecule has 1 aromatic heterocycles. The molecule has 2 aromatic carbocycles. The highest BCUT2D eigenvalue weighted by molar-refractivity contribution is 7.81. The third-order valence-corrected chi connectivity index (χ3v) is 3.97. The summed E-state index contributed by atoms with van der Waals surface area (Å²) in [5, 5.41) is 2.93. The van der Waals surface area contributed by atoms with E-state index in [1.807, 2.05) is 62.4 Å². The normalized spacial score (nSPS) is 10.9. The zero-order valence-electron chi connectivity index (χ0n) is 13.0. The molecule has 2 N–H and O–H groups in total. The van der Waals surface area contributed by atoms with Crippen molar-refractivity contribution in [3.8, 4) is 0 Å². The number of aromatic nitrogens is 2. The Morgan fingerprint density at radius 1 is 1.13 bits per heavy atom. The Labute approximate surface area is 139 Å². The van der Waals surface area contributed by atoms with Crippen molar-refractivity contribution in [1.29, 1.82) is 0 Å². The molecule has 0 fully saturated rings. The van der Waals surface area contributed by atoms with Gasteiger partial charge < -0.3 is 10.3 Å². The van der Waals surface area contributed by atoms with Crippen molar-refractivity contribution in [2.75, 3.05) is 5.32 Å². The second kappa shape index (κ2) is 6.30. The van der Waals surface area contributed by atoms with Gasteiger partial charge in [0.25, 0.3) is 0 Å². The van der Waals surface area contributed by atoms with Gasteiger partial charge in [0.1, 0.15) is 5.82 Å². The standard InChI is InChI=1S/C18H17N3OS/c1-11(2)18(22)21-13-8-4-3-7-12(13)16(23)17-19-14-9-5-6-10-15(14)20-17/h3-11H,1-2H3,(H,19,20)(H,21,22). The number of fused-ring (bicyclic) bond motifs is 1. The Morgan fingerprint density at radius 3 is 2.57 bits per heavy atom. The first kappa shape index (κ1) is 15.4. The number of H-pyrrole nitrogens is 1. The quantitative estimate of drug-likeness (QED) is 0.565. The first-order chi connectivity index (χ1) is 11.1. The highest BCUT2D eigenvalue weighted by atomic mass is 32.1. The molecule has 0 atom stereocenters. The van der Waals surface area contributed by atoms with Crippen molar-refractivity contribution in [3.63, 3.8) is 0 Å². The molecular weight excluding hydrogens is 306 g/mol. The molecule has 116 valence electrons. The average Bonchev–Trinajstić information content (AvgIpc) is 2.98. The van der Waals surface area contributed by atoms with Gasteiger partial charge >= 0.3 is 0 Å². The van der Waals surface area contributed by atoms with Crippen LogP contribution in [0.1, 0.15) is 25.2 Å². The van der Waals surface area contributed by atoms with E-state index in [-0.39, 0.29) is 11.8 Å². The zero-order valence-corrected chi connectivity index (χ0v) is 13.8. The molecule has 1 heterocycles. The molecule has 0 spiro atoms. The molecule has 0 aliphatic heterocycles. The molecule has 0 saturated heterocycles. The Bertz CT molecular complexity index is 850. The molecule has 0 saturated carbocycles. The number of nitrogens with zero attached hydrogens (tertiary/aromatic N) is 1. The van der Waals surface area contributed by atoms with Gasteiger partial charge in [-0.2, -0.15) is 0 Å². The Hall–Kier alpha value is -2.53. The topological polar surface area (TPSA) is 57.8 Å². The average molecular weight is 323 g/mol. The van der Waals surface area contributed by atoms with E-state index >= 15 is 0 Å². The van der Waals surface area contributed by atoms with Crippen LogP contribution in [0.2, 0.25) is 0 Å². The van der Waals surface area contributed by atoms with E-state index in [1.54, 1.807) is 0 Å². The summed E-state index contributed by atoms with van der Waals surface area (Å²) in [6, 6.07) is 15.3. The van der Waals surface area contributed by atoms with Gasteiger partial charge in [-0.25, -0.2) is 4.98 Å². The summed E-state index contributed by atoms with van der Waals surface area (Å²) in [7, 11) is 0. The van der Waals surface area contributed by atoms with Gasteiger partial charge in [-0.1, -0.05) is 56.4 Å². The lowest BCUT2D eigenvalue weighted by Crippen LogP contribution is -2.19. The molecular formula is C18H17N3OS. The monoisotopic (exact) mass is 323 g/mol. The number of benzene rings is 2. The van der Waals surface area contributed by atoms with Gasteiger partial charge in [0.05, 0.1) is 15.9 Å². The molecule has 4 nitrogen and oxygen atoms in total. The molecule has 3 aromatic rings. The maximum absolute atomic E-state index is 12.0. The van der Waals surface area contributed by atoms with Crippen molar-refractivity contribution in [2.45, 2.75) is 13.8 Å². The molecule has 1 amide bonds. The molecule has 0 unspecified atom stereocenters.